The second-order valence-corrected chi connectivity index (χ2v) is 2.47. The lowest BCUT2D eigenvalue weighted by molar-refractivity contribution is 1.07. The molecule has 4 N–H and O–H groups in total. The molecule has 0 saturated heterocycles. The summed E-state index contributed by atoms with van der Waals surface area (Å²) in [5.41, 5.74) is -0.540. The Kier molecular flexibility index (Phi) is 1.44. The maximum absolute atomic E-state index is 11.2. The van der Waals surface area contributed by atoms with E-state index >= 15 is 0 Å². The van der Waals surface area contributed by atoms with E-state index in [0.29, 0.717) is 5.95 Å². The van der Waals surface area contributed by atoms with Gasteiger partial charge < -0.3 is 10.3 Å². The molecule has 2 aromatic heterocycles. The van der Waals surface area contributed by atoms with Gasteiger partial charge in [-0.1, -0.05) is 0 Å². The summed E-state index contributed by atoms with van der Waals surface area (Å²) in [6, 6.07) is 0. The number of hydrogen-bond acceptors (Lipinski definition) is 4. The van der Waals surface area contributed by atoms with Gasteiger partial charge in [0, 0.05) is 7.05 Å². The molecule has 2 aromatic rings. The minimum Gasteiger partial charge on any atom is -0.359 e. The Labute approximate surface area is 71.2 Å². The van der Waals surface area contributed by atoms with E-state index < -0.39 is 11.2 Å². The predicted molar refractivity (Wildman–Crippen MR) is 46.9 cm³/mol. The van der Waals surface area contributed by atoms with Gasteiger partial charge in [-0.25, -0.2) is 4.79 Å². The second kappa shape index (κ2) is 2.47. The third kappa shape index (κ3) is 1.10. The van der Waals surface area contributed by atoms with Crippen LogP contribution >= 0.6 is 0 Å². The summed E-state index contributed by atoms with van der Waals surface area (Å²) < 4.78 is 0. The highest BCUT2D eigenvalue weighted by atomic mass is 16.2. The molecule has 0 atom stereocenters. The van der Waals surface area contributed by atoms with Crippen molar-refractivity contribution in [1.82, 2.24) is 19.9 Å². The van der Waals surface area contributed by atoms with Crippen LogP contribution in [0.1, 0.15) is 0 Å². The summed E-state index contributed by atoms with van der Waals surface area (Å²) >= 11 is 0. The van der Waals surface area contributed by atoms with Crippen molar-refractivity contribution < 1.29 is 0 Å². The van der Waals surface area contributed by atoms with Crippen molar-refractivity contribution in [2.75, 3.05) is 12.4 Å². The molecule has 2 rings (SSSR count). The highest BCUT2D eigenvalue weighted by Crippen LogP contribution is 2.03. The normalized spacial score (nSPS) is 10.5. The molecule has 0 bridgehead atoms. The number of hydrogen-bond donors (Lipinski definition) is 4. The van der Waals surface area contributed by atoms with E-state index in [-0.39, 0.29) is 11.2 Å². The van der Waals surface area contributed by atoms with Gasteiger partial charge in [0.15, 0.2) is 11.2 Å². The van der Waals surface area contributed by atoms with Crippen molar-refractivity contribution in [2.45, 2.75) is 0 Å². The molecule has 0 spiro atoms. The van der Waals surface area contributed by atoms with Crippen LogP contribution in [0, 0.1) is 0 Å². The van der Waals surface area contributed by atoms with Crippen molar-refractivity contribution in [3.8, 4) is 0 Å². The summed E-state index contributed by atoms with van der Waals surface area (Å²) in [5, 5.41) is 2.72. The zero-order valence-electron chi connectivity index (χ0n) is 6.76. The first-order valence-electron chi connectivity index (χ1n) is 3.61. The van der Waals surface area contributed by atoms with E-state index in [1.807, 2.05) is 0 Å². The molecule has 0 fully saturated rings. The maximum Gasteiger partial charge on any atom is 0.327 e. The number of anilines is 1. The van der Waals surface area contributed by atoms with Crippen molar-refractivity contribution in [1.29, 1.82) is 0 Å². The Morgan fingerprint density at radius 2 is 2.00 bits per heavy atom. The lowest BCUT2D eigenvalue weighted by Gasteiger charge is -1.86. The van der Waals surface area contributed by atoms with E-state index in [1.165, 1.54) is 0 Å². The van der Waals surface area contributed by atoms with Gasteiger partial charge in [-0.3, -0.25) is 14.8 Å². The van der Waals surface area contributed by atoms with Crippen LogP contribution in [0.2, 0.25) is 0 Å². The Balaban J connectivity index is 2.91. The molecule has 0 aliphatic carbocycles. The standard InChI is InChI=1S/C6H7N5O2/c1-7-5-8-2-3(9-5)10-6(13)11-4(2)12/h1H3,(H4,7,8,9,10,11,12,13). The molecular formula is C6H7N5O2. The third-order valence-electron chi connectivity index (χ3n) is 1.63. The van der Waals surface area contributed by atoms with Gasteiger partial charge in [-0.15, -0.1) is 0 Å². The van der Waals surface area contributed by atoms with Crippen molar-refractivity contribution in [2.24, 2.45) is 0 Å². The van der Waals surface area contributed by atoms with Crippen LogP contribution in [-0.4, -0.2) is 27.0 Å². The Bertz CT molecular complexity index is 548. The number of aromatic nitrogens is 4. The Morgan fingerprint density at radius 3 is 2.69 bits per heavy atom. The molecule has 7 heteroatoms. The van der Waals surface area contributed by atoms with E-state index in [1.54, 1.807) is 7.05 Å². The lowest BCUT2D eigenvalue weighted by Crippen LogP contribution is -2.21. The summed E-state index contributed by atoms with van der Waals surface area (Å²) in [5.74, 6) is 0.433. The minimum absolute atomic E-state index is 0.248. The number of nitrogens with one attached hydrogen (secondary N) is 4. The Hall–Kier alpha value is -2.05. The quantitative estimate of drug-likeness (QED) is 0.451. The zero-order chi connectivity index (χ0) is 9.42. The number of imidazole rings is 1. The first-order valence-corrected chi connectivity index (χ1v) is 3.61. The summed E-state index contributed by atoms with van der Waals surface area (Å²) in [6.07, 6.45) is 0. The highest BCUT2D eigenvalue weighted by molar-refractivity contribution is 5.71. The first kappa shape index (κ1) is 7.59. The average Bonchev–Trinajstić information content (AvgIpc) is 2.47. The molecule has 0 aliphatic heterocycles. The fraction of sp³-hybridized carbons (Fsp3) is 0.167. The van der Waals surface area contributed by atoms with Gasteiger partial charge >= 0.3 is 5.69 Å². The smallest absolute Gasteiger partial charge is 0.327 e. The van der Waals surface area contributed by atoms with Crippen LogP contribution in [0.15, 0.2) is 9.59 Å². The van der Waals surface area contributed by atoms with E-state index in [0.717, 1.165) is 0 Å². The molecule has 2 heterocycles. The molecule has 13 heavy (non-hydrogen) atoms. The topological polar surface area (TPSA) is 106 Å². The molecule has 7 nitrogen and oxygen atoms in total. The monoisotopic (exact) mass is 181 g/mol. The van der Waals surface area contributed by atoms with Gasteiger partial charge in [-0.05, 0) is 0 Å². The SMILES string of the molecule is CNc1nc2[nH]c(=O)[nH]c(=O)c2[nH]1. The largest absolute Gasteiger partial charge is 0.359 e. The molecule has 0 amide bonds. The van der Waals surface area contributed by atoms with Crippen LogP contribution in [0.3, 0.4) is 0 Å². The number of aromatic amines is 3. The highest BCUT2D eigenvalue weighted by Gasteiger charge is 2.05. The van der Waals surface area contributed by atoms with Gasteiger partial charge in [0.1, 0.15) is 0 Å². The summed E-state index contributed by atoms with van der Waals surface area (Å²) in [6.45, 7) is 0. The Morgan fingerprint density at radius 1 is 1.23 bits per heavy atom. The van der Waals surface area contributed by atoms with Crippen molar-refractivity contribution in [3.05, 3.63) is 20.8 Å². The van der Waals surface area contributed by atoms with Crippen LogP contribution in [0.4, 0.5) is 5.95 Å². The van der Waals surface area contributed by atoms with Crippen LogP contribution in [0.5, 0.6) is 0 Å². The number of fused-ring (bicyclic) bond motifs is 1. The van der Waals surface area contributed by atoms with Crippen LogP contribution in [0.25, 0.3) is 11.2 Å². The van der Waals surface area contributed by atoms with Gasteiger partial charge in [-0.2, -0.15) is 4.98 Å². The molecule has 0 unspecified atom stereocenters. The maximum atomic E-state index is 11.2. The van der Waals surface area contributed by atoms with Gasteiger partial charge in [0.2, 0.25) is 5.95 Å². The van der Waals surface area contributed by atoms with Crippen molar-refractivity contribution >= 4 is 17.1 Å². The fourth-order valence-corrected chi connectivity index (χ4v) is 1.05. The molecule has 0 aliphatic rings. The number of rotatable bonds is 1. The summed E-state index contributed by atoms with van der Waals surface area (Å²) in [7, 11) is 1.66. The number of nitrogens with zero attached hydrogens (tertiary/aromatic N) is 1. The van der Waals surface area contributed by atoms with Crippen LogP contribution < -0.4 is 16.6 Å². The fourth-order valence-electron chi connectivity index (χ4n) is 1.05. The average molecular weight is 181 g/mol. The zero-order valence-corrected chi connectivity index (χ0v) is 6.76. The first-order chi connectivity index (χ1) is 6.20. The van der Waals surface area contributed by atoms with Gasteiger partial charge in [0.05, 0.1) is 0 Å². The number of H-pyrrole nitrogens is 3. The van der Waals surface area contributed by atoms with E-state index in [9.17, 15) is 9.59 Å². The molecular weight excluding hydrogens is 174 g/mol. The molecule has 0 aromatic carbocycles. The van der Waals surface area contributed by atoms with E-state index in [2.05, 4.69) is 25.3 Å². The second-order valence-electron chi connectivity index (χ2n) is 2.47. The van der Waals surface area contributed by atoms with Crippen molar-refractivity contribution in [3.63, 3.8) is 0 Å². The minimum atomic E-state index is -0.563. The van der Waals surface area contributed by atoms with E-state index in [4.69, 9.17) is 0 Å². The molecule has 68 valence electrons. The van der Waals surface area contributed by atoms with Crippen LogP contribution in [-0.2, 0) is 0 Å². The lowest BCUT2D eigenvalue weighted by atomic mass is 10.5. The molecule has 0 saturated carbocycles. The summed E-state index contributed by atoms with van der Waals surface area (Å²) in [4.78, 5) is 33.1. The third-order valence-corrected chi connectivity index (χ3v) is 1.63. The van der Waals surface area contributed by atoms with Gasteiger partial charge in [0.25, 0.3) is 5.56 Å². The molecule has 0 radical (unpaired) electrons. The predicted octanol–water partition coefficient (Wildman–Crippen LogP) is -1.02.